The van der Waals surface area contributed by atoms with Gasteiger partial charge in [-0.1, -0.05) is 12.1 Å². The number of amides is 2. The summed E-state index contributed by atoms with van der Waals surface area (Å²) in [6.45, 7) is 0.833. The Kier molecular flexibility index (Phi) is 4.45. The predicted octanol–water partition coefficient (Wildman–Crippen LogP) is 1.45. The molecule has 0 aromatic heterocycles. The summed E-state index contributed by atoms with van der Waals surface area (Å²) in [5, 5.41) is 11.8. The van der Waals surface area contributed by atoms with E-state index in [1.54, 1.807) is 7.11 Å². The molecule has 1 aromatic carbocycles. The lowest BCUT2D eigenvalue weighted by molar-refractivity contribution is -0.141. The topological polar surface area (TPSA) is 78.9 Å². The number of nitrogens with one attached hydrogen (secondary N) is 1. The van der Waals surface area contributed by atoms with Crippen LogP contribution in [0.15, 0.2) is 24.3 Å². The molecule has 0 spiro atoms. The summed E-state index contributed by atoms with van der Waals surface area (Å²) in [6, 6.07) is 6.33. The standard InChI is InChI=1S/C14H18N2O4/c1-20-11-5-2-4-10(8-11)9-15-14(19)16-7-3-6-12(16)13(17)18/h2,4-5,8,12H,3,6-7,9H2,1H3,(H,15,19)(H,17,18)/t12-/m1/s1. The third-order valence-electron chi connectivity index (χ3n) is 3.38. The van der Waals surface area contributed by atoms with Crippen LogP contribution >= 0.6 is 0 Å². The molecule has 1 aromatic rings. The van der Waals surface area contributed by atoms with Gasteiger partial charge in [0, 0.05) is 13.1 Å². The minimum absolute atomic E-state index is 0.335. The number of carboxylic acid groups (broad SMARTS) is 1. The molecule has 6 heteroatoms. The normalized spacial score (nSPS) is 17.9. The molecule has 0 saturated carbocycles. The fourth-order valence-electron chi connectivity index (χ4n) is 2.33. The van der Waals surface area contributed by atoms with Gasteiger partial charge in [-0.05, 0) is 30.5 Å². The number of likely N-dealkylation sites (tertiary alicyclic amines) is 1. The zero-order chi connectivity index (χ0) is 14.5. The van der Waals surface area contributed by atoms with Gasteiger partial charge in [0.25, 0.3) is 0 Å². The van der Waals surface area contributed by atoms with Gasteiger partial charge in [-0.25, -0.2) is 9.59 Å². The first-order valence-corrected chi connectivity index (χ1v) is 6.52. The second-order valence-electron chi connectivity index (χ2n) is 4.70. The van der Waals surface area contributed by atoms with Crippen LogP contribution in [0.4, 0.5) is 4.79 Å². The van der Waals surface area contributed by atoms with Crippen LogP contribution < -0.4 is 10.1 Å². The zero-order valence-corrected chi connectivity index (χ0v) is 11.3. The molecule has 2 N–H and O–H groups in total. The van der Waals surface area contributed by atoms with Gasteiger partial charge >= 0.3 is 12.0 Å². The molecule has 0 aliphatic carbocycles. The van der Waals surface area contributed by atoms with Crippen molar-refractivity contribution in [3.05, 3.63) is 29.8 Å². The summed E-state index contributed by atoms with van der Waals surface area (Å²) < 4.78 is 5.11. The first-order chi connectivity index (χ1) is 9.61. The summed E-state index contributed by atoms with van der Waals surface area (Å²) in [7, 11) is 1.58. The van der Waals surface area contributed by atoms with Crippen molar-refractivity contribution in [2.45, 2.75) is 25.4 Å². The van der Waals surface area contributed by atoms with Gasteiger partial charge in [0.15, 0.2) is 0 Å². The summed E-state index contributed by atoms with van der Waals surface area (Å²) in [5.41, 5.74) is 0.906. The second-order valence-corrected chi connectivity index (χ2v) is 4.70. The number of rotatable bonds is 4. The van der Waals surface area contributed by atoms with E-state index in [4.69, 9.17) is 9.84 Å². The first kappa shape index (κ1) is 14.2. The molecule has 0 unspecified atom stereocenters. The highest BCUT2D eigenvalue weighted by Crippen LogP contribution is 2.18. The molecule has 1 heterocycles. The van der Waals surface area contributed by atoms with E-state index in [-0.39, 0.29) is 6.03 Å². The number of benzene rings is 1. The van der Waals surface area contributed by atoms with Crippen molar-refractivity contribution < 1.29 is 19.4 Å². The second kappa shape index (κ2) is 6.27. The zero-order valence-electron chi connectivity index (χ0n) is 11.3. The molecular formula is C14H18N2O4. The Labute approximate surface area is 117 Å². The van der Waals surface area contributed by atoms with Gasteiger partial charge in [0.05, 0.1) is 7.11 Å². The molecule has 1 aliphatic heterocycles. The lowest BCUT2D eigenvalue weighted by Gasteiger charge is -2.21. The van der Waals surface area contributed by atoms with Crippen LogP contribution in [0.25, 0.3) is 0 Å². The van der Waals surface area contributed by atoms with Crippen molar-refractivity contribution >= 4 is 12.0 Å². The molecule has 1 fully saturated rings. The van der Waals surface area contributed by atoms with Crippen LogP contribution in [-0.2, 0) is 11.3 Å². The number of methoxy groups -OCH3 is 1. The van der Waals surface area contributed by atoms with Crippen LogP contribution in [0.2, 0.25) is 0 Å². The van der Waals surface area contributed by atoms with E-state index in [9.17, 15) is 9.59 Å². The number of aliphatic carboxylic acids is 1. The van der Waals surface area contributed by atoms with Crippen molar-refractivity contribution in [2.24, 2.45) is 0 Å². The Balaban J connectivity index is 1.93. The number of nitrogens with zero attached hydrogens (tertiary/aromatic N) is 1. The first-order valence-electron chi connectivity index (χ1n) is 6.52. The van der Waals surface area contributed by atoms with Gasteiger partial charge in [0.2, 0.25) is 0 Å². The summed E-state index contributed by atoms with van der Waals surface area (Å²) in [6.07, 6.45) is 1.24. The minimum atomic E-state index is -0.945. The van der Waals surface area contributed by atoms with E-state index in [1.807, 2.05) is 24.3 Å². The van der Waals surface area contributed by atoms with E-state index in [1.165, 1.54) is 4.90 Å². The molecule has 2 amide bonds. The Bertz CT molecular complexity index is 504. The van der Waals surface area contributed by atoms with E-state index in [2.05, 4.69) is 5.32 Å². The minimum Gasteiger partial charge on any atom is -0.497 e. The number of carboxylic acids is 1. The molecule has 0 bridgehead atoms. The fraction of sp³-hybridized carbons (Fsp3) is 0.429. The molecule has 1 saturated heterocycles. The van der Waals surface area contributed by atoms with Crippen molar-refractivity contribution in [1.29, 1.82) is 0 Å². The van der Waals surface area contributed by atoms with Crippen molar-refractivity contribution in [3.63, 3.8) is 0 Å². The molecule has 108 valence electrons. The quantitative estimate of drug-likeness (QED) is 0.873. The number of hydrogen-bond acceptors (Lipinski definition) is 3. The smallest absolute Gasteiger partial charge is 0.326 e. The average Bonchev–Trinajstić information content (AvgIpc) is 2.94. The predicted molar refractivity (Wildman–Crippen MR) is 72.6 cm³/mol. The highest BCUT2D eigenvalue weighted by Gasteiger charge is 2.33. The molecule has 2 rings (SSSR count). The highest BCUT2D eigenvalue weighted by molar-refractivity contribution is 5.83. The van der Waals surface area contributed by atoms with E-state index >= 15 is 0 Å². The SMILES string of the molecule is COc1cccc(CNC(=O)N2CCC[C@@H]2C(=O)O)c1. The van der Waals surface area contributed by atoms with E-state index in [0.29, 0.717) is 19.5 Å². The highest BCUT2D eigenvalue weighted by atomic mass is 16.5. The van der Waals surface area contributed by atoms with Crippen LogP contribution in [0.5, 0.6) is 5.75 Å². The number of carbonyl (C=O) groups is 2. The monoisotopic (exact) mass is 278 g/mol. The van der Waals surface area contributed by atoms with E-state index in [0.717, 1.165) is 17.7 Å². The van der Waals surface area contributed by atoms with Gasteiger partial charge in [-0.2, -0.15) is 0 Å². The van der Waals surface area contributed by atoms with Gasteiger partial charge in [0.1, 0.15) is 11.8 Å². The van der Waals surface area contributed by atoms with Crippen LogP contribution in [0, 0.1) is 0 Å². The van der Waals surface area contributed by atoms with Crippen LogP contribution in [0.1, 0.15) is 18.4 Å². The maximum absolute atomic E-state index is 12.0. The van der Waals surface area contributed by atoms with Gasteiger partial charge in [-0.15, -0.1) is 0 Å². The maximum Gasteiger partial charge on any atom is 0.326 e. The van der Waals surface area contributed by atoms with Crippen molar-refractivity contribution in [1.82, 2.24) is 10.2 Å². The number of urea groups is 1. The van der Waals surface area contributed by atoms with Gasteiger partial charge < -0.3 is 20.1 Å². The summed E-state index contributed by atoms with van der Waals surface area (Å²) >= 11 is 0. The maximum atomic E-state index is 12.0. The van der Waals surface area contributed by atoms with Crippen molar-refractivity contribution in [2.75, 3.05) is 13.7 Å². The Hall–Kier alpha value is -2.24. The Morgan fingerprint density at radius 1 is 1.50 bits per heavy atom. The number of carbonyl (C=O) groups excluding carboxylic acids is 1. The molecular weight excluding hydrogens is 260 g/mol. The number of hydrogen-bond donors (Lipinski definition) is 2. The van der Waals surface area contributed by atoms with E-state index < -0.39 is 12.0 Å². The third kappa shape index (κ3) is 3.20. The molecule has 1 aliphatic rings. The Morgan fingerprint density at radius 2 is 2.30 bits per heavy atom. The summed E-state index contributed by atoms with van der Waals surface area (Å²) in [4.78, 5) is 24.4. The average molecular weight is 278 g/mol. The molecule has 20 heavy (non-hydrogen) atoms. The van der Waals surface area contributed by atoms with Crippen molar-refractivity contribution in [3.8, 4) is 5.75 Å². The molecule has 0 radical (unpaired) electrons. The third-order valence-corrected chi connectivity index (χ3v) is 3.38. The van der Waals surface area contributed by atoms with Crippen LogP contribution in [-0.4, -0.2) is 41.7 Å². The molecule has 1 atom stereocenters. The Morgan fingerprint density at radius 3 is 3.00 bits per heavy atom. The number of ether oxygens (including phenoxy) is 1. The lowest BCUT2D eigenvalue weighted by atomic mass is 10.2. The molecule has 6 nitrogen and oxygen atoms in total. The summed E-state index contributed by atoms with van der Waals surface area (Å²) in [5.74, 6) is -0.222. The van der Waals surface area contributed by atoms with Gasteiger partial charge in [-0.3, -0.25) is 0 Å². The lowest BCUT2D eigenvalue weighted by Crippen LogP contribution is -2.45. The largest absolute Gasteiger partial charge is 0.497 e. The fourth-order valence-corrected chi connectivity index (χ4v) is 2.33. The van der Waals surface area contributed by atoms with Crippen LogP contribution in [0.3, 0.4) is 0 Å².